The number of halogens is 1. The molecular formula is C20H24ClN5O2S. The number of aromatic nitrogens is 2. The molecule has 2 heterocycles. The van der Waals surface area contributed by atoms with Crippen molar-refractivity contribution in [2.75, 3.05) is 29.4 Å². The van der Waals surface area contributed by atoms with Gasteiger partial charge in [0.1, 0.15) is 0 Å². The largest absolute Gasteiger partial charge is 0.381 e. The van der Waals surface area contributed by atoms with Crippen molar-refractivity contribution in [1.82, 2.24) is 15.1 Å². The van der Waals surface area contributed by atoms with Crippen LogP contribution in [-0.4, -0.2) is 48.9 Å². The second kappa shape index (κ2) is 8.22. The zero-order valence-electron chi connectivity index (χ0n) is 16.2. The quantitative estimate of drug-likeness (QED) is 0.551. The van der Waals surface area contributed by atoms with E-state index in [0.29, 0.717) is 16.8 Å². The molecule has 1 fully saturated rings. The van der Waals surface area contributed by atoms with Crippen molar-refractivity contribution in [1.29, 1.82) is 0 Å². The van der Waals surface area contributed by atoms with Crippen molar-refractivity contribution in [3.8, 4) is 0 Å². The van der Waals surface area contributed by atoms with Gasteiger partial charge in [0.2, 0.25) is 10.0 Å². The molecule has 3 N–H and O–H groups in total. The smallest absolute Gasteiger partial charge is 0.229 e. The first-order valence-corrected chi connectivity index (χ1v) is 11.8. The van der Waals surface area contributed by atoms with Gasteiger partial charge in [-0.25, -0.2) is 8.42 Å². The average molecular weight is 434 g/mol. The molecule has 0 radical (unpaired) electrons. The number of fused-ring (bicyclic) bond motifs is 1. The lowest BCUT2D eigenvalue weighted by Gasteiger charge is -2.33. The van der Waals surface area contributed by atoms with Crippen molar-refractivity contribution in [3.05, 3.63) is 53.2 Å². The van der Waals surface area contributed by atoms with E-state index in [0.717, 1.165) is 60.9 Å². The molecule has 1 saturated heterocycles. The van der Waals surface area contributed by atoms with E-state index < -0.39 is 10.0 Å². The lowest BCUT2D eigenvalue weighted by Crippen LogP contribution is -2.41. The minimum absolute atomic E-state index is 0.356. The monoisotopic (exact) mass is 433 g/mol. The summed E-state index contributed by atoms with van der Waals surface area (Å²) in [4.78, 5) is 2.38. The van der Waals surface area contributed by atoms with Crippen LogP contribution in [0.4, 0.5) is 11.4 Å². The van der Waals surface area contributed by atoms with E-state index in [9.17, 15) is 8.42 Å². The number of hydrogen-bond donors (Lipinski definition) is 3. The number of anilines is 2. The predicted octanol–water partition coefficient (Wildman–Crippen LogP) is 3.66. The Balaban J connectivity index is 1.41. The summed E-state index contributed by atoms with van der Waals surface area (Å²) < 4.78 is 25.6. The molecule has 0 aliphatic carbocycles. The second-order valence-corrected chi connectivity index (χ2v) is 9.73. The highest BCUT2D eigenvalue weighted by Crippen LogP contribution is 2.26. The summed E-state index contributed by atoms with van der Waals surface area (Å²) in [5.74, 6) is 0. The van der Waals surface area contributed by atoms with Crippen molar-refractivity contribution >= 4 is 43.9 Å². The Bertz CT molecular complexity index is 1120. The van der Waals surface area contributed by atoms with Crippen molar-refractivity contribution in [2.24, 2.45) is 0 Å². The third-order valence-corrected chi connectivity index (χ3v) is 5.97. The number of rotatable bonds is 6. The summed E-state index contributed by atoms with van der Waals surface area (Å²) in [6, 6.07) is 12.1. The van der Waals surface area contributed by atoms with Crippen molar-refractivity contribution in [2.45, 2.75) is 25.4 Å². The third-order valence-electron chi connectivity index (χ3n) is 5.05. The number of aromatic amines is 1. The molecule has 1 unspecified atom stereocenters. The molecular weight excluding hydrogens is 410 g/mol. The van der Waals surface area contributed by atoms with Gasteiger partial charge >= 0.3 is 0 Å². The Morgan fingerprint density at radius 3 is 2.97 bits per heavy atom. The van der Waals surface area contributed by atoms with Gasteiger partial charge in [-0.3, -0.25) is 14.7 Å². The summed E-state index contributed by atoms with van der Waals surface area (Å²) >= 11 is 6.13. The van der Waals surface area contributed by atoms with Crippen LogP contribution in [0.2, 0.25) is 5.02 Å². The Kier molecular flexibility index (Phi) is 5.67. The maximum atomic E-state index is 11.5. The number of benzene rings is 2. The summed E-state index contributed by atoms with van der Waals surface area (Å²) in [5, 5.41) is 12.2. The van der Waals surface area contributed by atoms with Gasteiger partial charge in [0, 0.05) is 30.2 Å². The number of nitrogens with one attached hydrogen (secondary N) is 3. The molecule has 9 heteroatoms. The molecule has 1 aromatic heterocycles. The summed E-state index contributed by atoms with van der Waals surface area (Å²) in [7, 11) is -3.37. The molecule has 0 amide bonds. The molecule has 0 bridgehead atoms. The first-order valence-electron chi connectivity index (χ1n) is 9.54. The van der Waals surface area contributed by atoms with E-state index in [-0.39, 0.29) is 0 Å². The molecule has 1 atom stereocenters. The predicted molar refractivity (Wildman–Crippen MR) is 118 cm³/mol. The molecule has 29 heavy (non-hydrogen) atoms. The number of sulfonamides is 1. The van der Waals surface area contributed by atoms with Crippen LogP contribution < -0.4 is 10.0 Å². The SMILES string of the molecule is CS(=O)(=O)Nc1cc(CN2CCCC(Nc3ccc4[nH]ncc4c3)C2)ccc1Cl. The van der Waals surface area contributed by atoms with Crippen LogP contribution in [0.3, 0.4) is 0 Å². The fraction of sp³-hybridized carbons (Fsp3) is 0.350. The summed E-state index contributed by atoms with van der Waals surface area (Å²) in [6.45, 7) is 2.67. The standard InChI is InChI=1S/C20H24ClN5O2S/c1-29(27,28)25-20-9-14(4-6-18(20)21)12-26-8-2-3-17(13-26)23-16-5-7-19-15(10-16)11-22-24-19/h4-7,9-11,17,23,25H,2-3,8,12-13H2,1H3,(H,22,24). The zero-order chi connectivity index (χ0) is 20.4. The maximum absolute atomic E-state index is 11.5. The van der Waals surface area contributed by atoms with E-state index >= 15 is 0 Å². The minimum Gasteiger partial charge on any atom is -0.381 e. The Morgan fingerprint density at radius 2 is 2.14 bits per heavy atom. The number of piperidine rings is 1. The third kappa shape index (κ3) is 5.20. The first-order chi connectivity index (χ1) is 13.9. The molecule has 2 aromatic carbocycles. The Hall–Kier alpha value is -2.29. The van der Waals surface area contributed by atoms with Crippen molar-refractivity contribution in [3.63, 3.8) is 0 Å². The maximum Gasteiger partial charge on any atom is 0.229 e. The van der Waals surface area contributed by atoms with Gasteiger partial charge < -0.3 is 5.32 Å². The highest BCUT2D eigenvalue weighted by Gasteiger charge is 2.20. The molecule has 1 aliphatic heterocycles. The molecule has 4 rings (SSSR count). The second-order valence-electron chi connectivity index (χ2n) is 7.58. The van der Waals surface area contributed by atoms with Gasteiger partial charge in [0.15, 0.2) is 0 Å². The molecule has 0 saturated carbocycles. The molecule has 3 aromatic rings. The summed E-state index contributed by atoms with van der Waals surface area (Å²) in [5.41, 5.74) is 3.58. The van der Waals surface area contributed by atoms with E-state index in [1.807, 2.05) is 24.4 Å². The highest BCUT2D eigenvalue weighted by molar-refractivity contribution is 7.92. The summed E-state index contributed by atoms with van der Waals surface area (Å²) in [6.07, 6.45) is 5.17. The van der Waals surface area contributed by atoms with E-state index in [1.54, 1.807) is 6.07 Å². The fourth-order valence-corrected chi connectivity index (χ4v) is 4.58. The number of hydrogen-bond acceptors (Lipinski definition) is 5. The van der Waals surface area contributed by atoms with E-state index in [1.165, 1.54) is 0 Å². The number of H-pyrrole nitrogens is 1. The molecule has 1 aliphatic rings. The van der Waals surface area contributed by atoms with Gasteiger partial charge in [0.25, 0.3) is 0 Å². The van der Waals surface area contributed by atoms with E-state index in [4.69, 9.17) is 11.6 Å². The van der Waals surface area contributed by atoms with Crippen LogP contribution in [0.5, 0.6) is 0 Å². The van der Waals surface area contributed by atoms with Gasteiger partial charge in [-0.15, -0.1) is 0 Å². The van der Waals surface area contributed by atoms with Crippen LogP contribution in [0.1, 0.15) is 18.4 Å². The normalized spacial score (nSPS) is 18.1. The molecule has 0 spiro atoms. The van der Waals surface area contributed by atoms with Gasteiger partial charge in [-0.05, 0) is 55.3 Å². The van der Waals surface area contributed by atoms with Crippen LogP contribution in [0.25, 0.3) is 10.9 Å². The van der Waals surface area contributed by atoms with Crippen LogP contribution in [0, 0.1) is 0 Å². The lowest BCUT2D eigenvalue weighted by molar-refractivity contribution is 0.208. The Morgan fingerprint density at radius 1 is 1.28 bits per heavy atom. The highest BCUT2D eigenvalue weighted by atomic mass is 35.5. The van der Waals surface area contributed by atoms with Gasteiger partial charge in [0.05, 0.1) is 28.7 Å². The Labute approximate surface area is 175 Å². The number of likely N-dealkylation sites (tertiary alicyclic amines) is 1. The molecule has 7 nitrogen and oxygen atoms in total. The van der Waals surface area contributed by atoms with Crippen LogP contribution in [-0.2, 0) is 16.6 Å². The van der Waals surface area contributed by atoms with Crippen LogP contribution >= 0.6 is 11.6 Å². The fourth-order valence-electron chi connectivity index (χ4n) is 3.79. The average Bonchev–Trinajstić information content (AvgIpc) is 3.11. The zero-order valence-corrected chi connectivity index (χ0v) is 17.7. The topological polar surface area (TPSA) is 90.1 Å². The number of nitrogens with zero attached hydrogens (tertiary/aromatic N) is 2. The van der Waals surface area contributed by atoms with Gasteiger partial charge in [-0.2, -0.15) is 5.10 Å². The van der Waals surface area contributed by atoms with E-state index in [2.05, 4.69) is 37.3 Å². The van der Waals surface area contributed by atoms with Crippen LogP contribution in [0.15, 0.2) is 42.6 Å². The first kappa shape index (κ1) is 20.0. The lowest BCUT2D eigenvalue weighted by atomic mass is 10.0. The van der Waals surface area contributed by atoms with Gasteiger partial charge in [-0.1, -0.05) is 17.7 Å². The van der Waals surface area contributed by atoms with Crippen molar-refractivity contribution < 1.29 is 8.42 Å². The molecule has 154 valence electrons. The minimum atomic E-state index is -3.37.